The smallest absolute Gasteiger partial charge is 0.302 e. The lowest BCUT2D eigenvalue weighted by atomic mass is 9.84. The highest BCUT2D eigenvalue weighted by molar-refractivity contribution is 5.66. The molecule has 3 aliphatic heterocycles. The van der Waals surface area contributed by atoms with Gasteiger partial charge in [0, 0.05) is 6.92 Å². The molecular formula is C14H22O8. The molecule has 0 saturated carbocycles. The molecule has 1 N–H and O–H groups in total. The summed E-state index contributed by atoms with van der Waals surface area (Å²) >= 11 is 0. The molecule has 1 unspecified atom stereocenters. The van der Waals surface area contributed by atoms with Crippen molar-refractivity contribution in [2.45, 2.75) is 70.0 Å². The molecule has 8 nitrogen and oxygen atoms in total. The van der Waals surface area contributed by atoms with Crippen LogP contribution in [0.1, 0.15) is 27.7 Å². The zero-order chi connectivity index (χ0) is 16.1. The third kappa shape index (κ3) is 2.75. The fourth-order valence-corrected chi connectivity index (χ4v) is 3.08. The van der Waals surface area contributed by atoms with Gasteiger partial charge in [0.25, 0.3) is 0 Å². The molecule has 0 aromatic carbocycles. The Bertz CT molecular complexity index is 448. The van der Waals surface area contributed by atoms with Crippen molar-refractivity contribution in [2.75, 3.05) is 13.2 Å². The van der Waals surface area contributed by atoms with Gasteiger partial charge in [-0.1, -0.05) is 0 Å². The third-order valence-corrected chi connectivity index (χ3v) is 4.03. The summed E-state index contributed by atoms with van der Waals surface area (Å²) in [5.41, 5.74) is -1.58. The maximum atomic E-state index is 11.2. The number of aliphatic hydroxyl groups is 1. The highest BCUT2D eigenvalue weighted by Gasteiger charge is 2.64. The van der Waals surface area contributed by atoms with E-state index >= 15 is 0 Å². The lowest BCUT2D eigenvalue weighted by Crippen LogP contribution is -2.71. The van der Waals surface area contributed by atoms with E-state index < -0.39 is 48.2 Å². The monoisotopic (exact) mass is 318 g/mol. The number of rotatable bonds is 2. The number of carbonyl (C=O) groups is 1. The predicted molar refractivity (Wildman–Crippen MR) is 70.6 cm³/mol. The molecule has 3 heterocycles. The molecule has 8 heteroatoms. The minimum absolute atomic E-state index is 0.251. The highest BCUT2D eigenvalue weighted by Crippen LogP contribution is 2.44. The Kier molecular flexibility index (Phi) is 3.95. The molecular weight excluding hydrogens is 296 g/mol. The van der Waals surface area contributed by atoms with Crippen LogP contribution in [-0.4, -0.2) is 66.6 Å². The summed E-state index contributed by atoms with van der Waals surface area (Å²) in [5, 5.41) is 11.2. The third-order valence-electron chi connectivity index (χ3n) is 4.03. The van der Waals surface area contributed by atoms with Gasteiger partial charge in [-0.3, -0.25) is 4.79 Å². The van der Waals surface area contributed by atoms with Crippen LogP contribution in [0.2, 0.25) is 0 Å². The lowest BCUT2D eigenvalue weighted by molar-refractivity contribution is -0.361. The number of esters is 1. The van der Waals surface area contributed by atoms with Crippen molar-refractivity contribution < 1.29 is 38.3 Å². The van der Waals surface area contributed by atoms with E-state index in [9.17, 15) is 9.90 Å². The average molecular weight is 318 g/mol. The van der Waals surface area contributed by atoms with Crippen LogP contribution in [0.5, 0.6) is 0 Å². The first-order chi connectivity index (χ1) is 10.2. The Morgan fingerprint density at radius 1 is 1.27 bits per heavy atom. The van der Waals surface area contributed by atoms with Crippen LogP contribution in [0.4, 0.5) is 0 Å². The van der Waals surface area contributed by atoms with Crippen molar-refractivity contribution in [1.82, 2.24) is 0 Å². The van der Waals surface area contributed by atoms with Crippen LogP contribution in [0.25, 0.3) is 0 Å². The Morgan fingerprint density at radius 2 is 2.00 bits per heavy atom. The molecule has 0 amide bonds. The van der Waals surface area contributed by atoms with Gasteiger partial charge in [-0.2, -0.15) is 0 Å². The van der Waals surface area contributed by atoms with E-state index in [0.29, 0.717) is 0 Å². The number of carbonyl (C=O) groups excluding carboxylic acids is 1. The van der Waals surface area contributed by atoms with Crippen molar-refractivity contribution in [3.05, 3.63) is 0 Å². The summed E-state index contributed by atoms with van der Waals surface area (Å²) in [6, 6.07) is 0. The second-order valence-electron chi connectivity index (χ2n) is 6.33. The van der Waals surface area contributed by atoms with Gasteiger partial charge in [0.05, 0.1) is 6.61 Å². The standard InChI is InChI=1S/C14H22O8/c1-7(15)18-6-14(16)10-9(5-17-8(2)19-10)20-12-11(14)21-13(3,4)22-12/h8-12,16H,5-6H2,1-4H3/t8?,9-,10-,11+,12-,14-/m1/s1. The molecule has 6 atom stereocenters. The van der Waals surface area contributed by atoms with E-state index in [1.807, 2.05) is 0 Å². The van der Waals surface area contributed by atoms with Crippen LogP contribution < -0.4 is 0 Å². The molecule has 126 valence electrons. The molecule has 22 heavy (non-hydrogen) atoms. The molecule has 3 rings (SSSR count). The van der Waals surface area contributed by atoms with Crippen LogP contribution >= 0.6 is 0 Å². The first-order valence-corrected chi connectivity index (χ1v) is 7.35. The maximum absolute atomic E-state index is 11.2. The summed E-state index contributed by atoms with van der Waals surface area (Å²) in [6.45, 7) is 6.45. The summed E-state index contributed by atoms with van der Waals surface area (Å²) in [4.78, 5) is 11.2. The Morgan fingerprint density at radius 3 is 2.68 bits per heavy atom. The van der Waals surface area contributed by atoms with Gasteiger partial charge in [-0.25, -0.2) is 0 Å². The molecule has 3 aliphatic rings. The number of fused-ring (bicyclic) bond motifs is 2. The minimum atomic E-state index is -1.58. The fraction of sp³-hybridized carbons (Fsp3) is 0.929. The van der Waals surface area contributed by atoms with Gasteiger partial charge in [0.1, 0.15) is 24.9 Å². The van der Waals surface area contributed by atoms with Crippen molar-refractivity contribution in [1.29, 1.82) is 0 Å². The SMILES string of the molecule is CC(=O)OC[C@@]1(O)[C@@H]2OC(C)OC[C@H]2O[C@@H]2OC(C)(C)O[C@@H]21. The second kappa shape index (κ2) is 5.40. The van der Waals surface area contributed by atoms with E-state index in [1.54, 1.807) is 20.8 Å². The number of hydrogen-bond acceptors (Lipinski definition) is 8. The molecule has 0 aromatic heterocycles. The first kappa shape index (κ1) is 16.1. The van der Waals surface area contributed by atoms with Gasteiger partial charge in [-0.05, 0) is 20.8 Å². The fourth-order valence-electron chi connectivity index (χ4n) is 3.08. The molecule has 0 radical (unpaired) electrons. The highest BCUT2D eigenvalue weighted by atomic mass is 16.8. The summed E-state index contributed by atoms with van der Waals surface area (Å²) < 4.78 is 33.4. The van der Waals surface area contributed by atoms with Crippen LogP contribution in [0, 0.1) is 0 Å². The van der Waals surface area contributed by atoms with E-state index in [1.165, 1.54) is 6.92 Å². The van der Waals surface area contributed by atoms with Gasteiger partial charge in [-0.15, -0.1) is 0 Å². The maximum Gasteiger partial charge on any atom is 0.302 e. The average Bonchev–Trinajstić information content (AvgIpc) is 2.73. The van der Waals surface area contributed by atoms with Crippen LogP contribution in [0.3, 0.4) is 0 Å². The quantitative estimate of drug-likeness (QED) is 0.707. The van der Waals surface area contributed by atoms with Gasteiger partial charge in [0.15, 0.2) is 24.0 Å². The van der Waals surface area contributed by atoms with E-state index in [4.69, 9.17) is 28.4 Å². The number of ether oxygens (including phenoxy) is 6. The topological polar surface area (TPSA) is 92.7 Å². The van der Waals surface area contributed by atoms with E-state index in [2.05, 4.69) is 0 Å². The molecule has 3 saturated heterocycles. The zero-order valence-corrected chi connectivity index (χ0v) is 13.1. The van der Waals surface area contributed by atoms with Gasteiger partial charge in [0.2, 0.25) is 0 Å². The number of hydrogen-bond donors (Lipinski definition) is 1. The van der Waals surface area contributed by atoms with Crippen LogP contribution in [0.15, 0.2) is 0 Å². The predicted octanol–water partition coefficient (Wildman–Crippen LogP) is -0.0816. The van der Waals surface area contributed by atoms with Gasteiger partial charge < -0.3 is 33.5 Å². The minimum Gasteiger partial charge on any atom is -0.463 e. The first-order valence-electron chi connectivity index (χ1n) is 7.35. The van der Waals surface area contributed by atoms with Gasteiger partial charge >= 0.3 is 5.97 Å². The van der Waals surface area contributed by atoms with E-state index in [-0.39, 0.29) is 13.2 Å². The molecule has 0 aliphatic carbocycles. The zero-order valence-electron chi connectivity index (χ0n) is 13.1. The van der Waals surface area contributed by atoms with Crippen molar-refractivity contribution in [2.24, 2.45) is 0 Å². The molecule has 3 fully saturated rings. The largest absolute Gasteiger partial charge is 0.463 e. The normalized spacial score (nSPS) is 46.7. The van der Waals surface area contributed by atoms with Crippen LogP contribution in [-0.2, 0) is 33.2 Å². The van der Waals surface area contributed by atoms with Crippen molar-refractivity contribution in [3.8, 4) is 0 Å². The van der Waals surface area contributed by atoms with Crippen molar-refractivity contribution in [3.63, 3.8) is 0 Å². The lowest BCUT2D eigenvalue weighted by Gasteiger charge is -2.50. The molecule has 0 aromatic rings. The molecule has 0 spiro atoms. The second-order valence-corrected chi connectivity index (χ2v) is 6.33. The Hall–Kier alpha value is -0.770. The Balaban J connectivity index is 1.89. The summed E-state index contributed by atoms with van der Waals surface area (Å²) in [5.74, 6) is -1.41. The summed E-state index contributed by atoms with van der Waals surface area (Å²) in [6.07, 6.45) is -3.38. The summed E-state index contributed by atoms with van der Waals surface area (Å²) in [7, 11) is 0. The van der Waals surface area contributed by atoms with E-state index in [0.717, 1.165) is 0 Å². The van der Waals surface area contributed by atoms with Crippen molar-refractivity contribution >= 4 is 5.97 Å². The molecule has 0 bridgehead atoms. The Labute approximate surface area is 128 Å².